The number of carbonyl (C=O) groups excluding carboxylic acids is 2. The van der Waals surface area contributed by atoms with E-state index < -0.39 is 0 Å². The van der Waals surface area contributed by atoms with Crippen LogP contribution in [0.5, 0.6) is 11.6 Å². The van der Waals surface area contributed by atoms with Gasteiger partial charge in [-0.3, -0.25) is 9.59 Å². The highest BCUT2D eigenvalue weighted by Crippen LogP contribution is 2.29. The average Bonchev–Trinajstić information content (AvgIpc) is 3.15. The van der Waals surface area contributed by atoms with E-state index >= 15 is 0 Å². The van der Waals surface area contributed by atoms with Crippen LogP contribution in [0.25, 0.3) is 0 Å². The first kappa shape index (κ1) is 20.1. The van der Waals surface area contributed by atoms with Crippen LogP contribution in [0.2, 0.25) is 0 Å². The van der Waals surface area contributed by atoms with E-state index in [0.717, 1.165) is 18.5 Å². The molecule has 3 heterocycles. The van der Waals surface area contributed by atoms with Crippen LogP contribution in [0.1, 0.15) is 25.1 Å². The lowest BCUT2D eigenvalue weighted by Crippen LogP contribution is -2.47. The summed E-state index contributed by atoms with van der Waals surface area (Å²) in [7, 11) is 1.59. The second-order valence-corrected chi connectivity index (χ2v) is 7.72. The third kappa shape index (κ3) is 4.37. The van der Waals surface area contributed by atoms with Crippen LogP contribution in [-0.4, -0.2) is 59.5 Å². The van der Waals surface area contributed by atoms with E-state index in [9.17, 15) is 9.59 Å². The summed E-state index contributed by atoms with van der Waals surface area (Å²) in [5, 5.41) is 0. The van der Waals surface area contributed by atoms with Gasteiger partial charge >= 0.3 is 0 Å². The summed E-state index contributed by atoms with van der Waals surface area (Å²) in [6.07, 6.45) is 3.51. The van der Waals surface area contributed by atoms with E-state index in [-0.39, 0.29) is 30.3 Å². The number of ether oxygens (including phenoxy) is 2. The Balaban J connectivity index is 1.39. The maximum atomic E-state index is 13.1. The number of rotatable bonds is 5. The maximum Gasteiger partial charge on any atom is 0.228 e. The molecule has 0 bridgehead atoms. The van der Waals surface area contributed by atoms with E-state index in [1.807, 2.05) is 36.1 Å². The van der Waals surface area contributed by atoms with Crippen molar-refractivity contribution >= 4 is 17.5 Å². The number of benzene rings is 1. The normalized spacial score (nSPS) is 21.6. The molecule has 1 aromatic heterocycles. The number of amides is 2. The van der Waals surface area contributed by atoms with Gasteiger partial charge in [-0.05, 0) is 31.9 Å². The number of hydrogen-bond donors (Lipinski definition) is 0. The first-order valence-corrected chi connectivity index (χ1v) is 10.2. The first-order chi connectivity index (χ1) is 14.5. The van der Waals surface area contributed by atoms with Crippen molar-refractivity contribution in [3.8, 4) is 11.6 Å². The predicted molar refractivity (Wildman–Crippen MR) is 110 cm³/mol. The molecule has 1 aromatic carbocycles. The molecule has 2 saturated heterocycles. The summed E-state index contributed by atoms with van der Waals surface area (Å²) < 4.78 is 11.2. The van der Waals surface area contributed by atoms with E-state index in [4.69, 9.17) is 9.47 Å². The Morgan fingerprint density at radius 3 is 2.90 bits per heavy atom. The molecular weight excluding hydrogens is 384 g/mol. The number of likely N-dealkylation sites (tertiary alicyclic amines) is 1. The van der Waals surface area contributed by atoms with Gasteiger partial charge in [-0.1, -0.05) is 6.07 Å². The second-order valence-electron chi connectivity index (χ2n) is 7.72. The van der Waals surface area contributed by atoms with Crippen molar-refractivity contribution < 1.29 is 19.1 Å². The van der Waals surface area contributed by atoms with Crippen molar-refractivity contribution in [2.45, 2.75) is 32.3 Å². The molecule has 0 spiro atoms. The Labute approximate surface area is 175 Å². The molecule has 158 valence electrons. The van der Waals surface area contributed by atoms with E-state index in [1.165, 1.54) is 0 Å². The maximum absolute atomic E-state index is 13.1. The molecule has 2 aliphatic heterocycles. The van der Waals surface area contributed by atoms with Crippen molar-refractivity contribution in [3.63, 3.8) is 0 Å². The fraction of sp³-hybridized carbons (Fsp3) is 0.455. The summed E-state index contributed by atoms with van der Waals surface area (Å²) in [5.41, 5.74) is 0.758. The largest absolute Gasteiger partial charge is 0.497 e. The molecule has 0 saturated carbocycles. The van der Waals surface area contributed by atoms with Crippen molar-refractivity contribution in [3.05, 3.63) is 42.4 Å². The quantitative estimate of drug-likeness (QED) is 0.751. The highest BCUT2D eigenvalue weighted by molar-refractivity contribution is 6.00. The summed E-state index contributed by atoms with van der Waals surface area (Å²) in [6.45, 7) is 3.39. The average molecular weight is 410 g/mol. The van der Waals surface area contributed by atoms with Gasteiger partial charge in [-0.15, -0.1) is 0 Å². The molecule has 2 fully saturated rings. The van der Waals surface area contributed by atoms with Gasteiger partial charge < -0.3 is 19.3 Å². The van der Waals surface area contributed by atoms with Gasteiger partial charge in [0.15, 0.2) is 0 Å². The Morgan fingerprint density at radius 2 is 2.10 bits per heavy atom. The van der Waals surface area contributed by atoms with Crippen LogP contribution in [-0.2, 0) is 9.59 Å². The zero-order valence-corrected chi connectivity index (χ0v) is 17.3. The zero-order chi connectivity index (χ0) is 21.1. The van der Waals surface area contributed by atoms with Gasteiger partial charge in [0.2, 0.25) is 17.7 Å². The number of aromatic nitrogens is 2. The Hall–Kier alpha value is -3.16. The van der Waals surface area contributed by atoms with Gasteiger partial charge in [0.1, 0.15) is 17.7 Å². The molecule has 0 radical (unpaired) electrons. The van der Waals surface area contributed by atoms with Crippen molar-refractivity contribution in [1.29, 1.82) is 0 Å². The molecule has 2 aliphatic rings. The molecule has 0 aliphatic carbocycles. The topological polar surface area (TPSA) is 84.9 Å². The Kier molecular flexibility index (Phi) is 5.83. The molecule has 4 rings (SSSR count). The van der Waals surface area contributed by atoms with Gasteiger partial charge in [-0.25, -0.2) is 4.98 Å². The van der Waals surface area contributed by atoms with Gasteiger partial charge in [0.05, 0.1) is 19.6 Å². The molecule has 0 N–H and O–H groups in total. The Bertz CT molecular complexity index is 935. The molecule has 2 atom stereocenters. The van der Waals surface area contributed by atoms with Gasteiger partial charge in [0.25, 0.3) is 0 Å². The zero-order valence-electron chi connectivity index (χ0n) is 17.3. The fourth-order valence-electron chi connectivity index (χ4n) is 4.06. The SMILES string of the molecule is COc1cccc(N2CC(C(=O)N3CCCC(Oc4ccnc(C)n4)C3)CC2=O)c1. The molecule has 8 nitrogen and oxygen atoms in total. The van der Waals surface area contributed by atoms with E-state index in [2.05, 4.69) is 9.97 Å². The monoisotopic (exact) mass is 410 g/mol. The highest BCUT2D eigenvalue weighted by Gasteiger charge is 2.38. The highest BCUT2D eigenvalue weighted by atomic mass is 16.5. The Morgan fingerprint density at radius 1 is 1.23 bits per heavy atom. The van der Waals surface area contributed by atoms with Crippen LogP contribution >= 0.6 is 0 Å². The second kappa shape index (κ2) is 8.69. The first-order valence-electron chi connectivity index (χ1n) is 10.2. The molecule has 8 heteroatoms. The lowest BCUT2D eigenvalue weighted by Gasteiger charge is -2.34. The summed E-state index contributed by atoms with van der Waals surface area (Å²) >= 11 is 0. The lowest BCUT2D eigenvalue weighted by atomic mass is 10.0. The van der Waals surface area contributed by atoms with Crippen LogP contribution in [0.4, 0.5) is 5.69 Å². The predicted octanol–water partition coefficient (Wildman–Crippen LogP) is 2.22. The number of anilines is 1. The minimum atomic E-state index is -0.344. The van der Waals surface area contributed by atoms with E-state index in [0.29, 0.717) is 37.1 Å². The molecule has 30 heavy (non-hydrogen) atoms. The van der Waals surface area contributed by atoms with E-state index in [1.54, 1.807) is 24.3 Å². The minimum absolute atomic E-state index is 0.0147. The fourth-order valence-corrected chi connectivity index (χ4v) is 4.06. The summed E-state index contributed by atoms with van der Waals surface area (Å²) in [5.74, 6) is 1.50. The number of piperidine rings is 1. The van der Waals surface area contributed by atoms with Crippen LogP contribution in [0.3, 0.4) is 0 Å². The van der Waals surface area contributed by atoms with Crippen LogP contribution < -0.4 is 14.4 Å². The molecule has 2 aromatic rings. The van der Waals surface area contributed by atoms with Gasteiger partial charge in [0, 0.05) is 43.5 Å². The summed E-state index contributed by atoms with van der Waals surface area (Å²) in [6, 6.07) is 9.09. The van der Waals surface area contributed by atoms with Crippen molar-refractivity contribution in [1.82, 2.24) is 14.9 Å². The molecule has 2 amide bonds. The third-order valence-electron chi connectivity index (χ3n) is 5.57. The standard InChI is InChI=1S/C22H26N4O4/c1-15-23-9-8-20(24-15)30-19-7-4-10-25(14-19)22(28)16-11-21(27)26(13-16)17-5-3-6-18(12-17)29-2/h3,5-6,8-9,12,16,19H,4,7,10-11,13-14H2,1-2H3. The van der Waals surface area contributed by atoms with Crippen LogP contribution in [0.15, 0.2) is 36.5 Å². The minimum Gasteiger partial charge on any atom is -0.497 e. The number of methoxy groups -OCH3 is 1. The van der Waals surface area contributed by atoms with Crippen molar-refractivity contribution in [2.24, 2.45) is 5.92 Å². The smallest absolute Gasteiger partial charge is 0.228 e. The lowest BCUT2D eigenvalue weighted by molar-refractivity contribution is -0.138. The van der Waals surface area contributed by atoms with Gasteiger partial charge in [-0.2, -0.15) is 4.98 Å². The third-order valence-corrected chi connectivity index (χ3v) is 5.57. The van der Waals surface area contributed by atoms with Crippen LogP contribution in [0, 0.1) is 12.8 Å². The number of nitrogens with zero attached hydrogens (tertiary/aromatic N) is 4. The molecule has 2 unspecified atom stereocenters. The summed E-state index contributed by atoms with van der Waals surface area (Å²) in [4.78, 5) is 37.6. The number of carbonyl (C=O) groups is 2. The number of aryl methyl sites for hydroxylation is 1. The molecular formula is C22H26N4O4. The number of hydrogen-bond acceptors (Lipinski definition) is 6. The van der Waals surface area contributed by atoms with Crippen molar-refractivity contribution in [2.75, 3.05) is 31.6 Å².